The molecule has 1 atom stereocenters. The van der Waals surface area contributed by atoms with Gasteiger partial charge in [-0.3, -0.25) is 4.79 Å². The molecule has 120 valence electrons. The summed E-state index contributed by atoms with van der Waals surface area (Å²) in [6.45, 7) is 6.15. The fourth-order valence-electron chi connectivity index (χ4n) is 2.53. The van der Waals surface area contributed by atoms with Crippen molar-refractivity contribution in [3.8, 4) is 6.07 Å². The number of hydrogen-bond acceptors (Lipinski definition) is 5. The first-order valence-electron chi connectivity index (χ1n) is 7.35. The van der Waals surface area contributed by atoms with Crippen molar-refractivity contribution in [3.05, 3.63) is 41.2 Å². The lowest BCUT2D eigenvalue weighted by molar-refractivity contribution is -0.135. The number of rotatable bonds is 5. The minimum atomic E-state index is -0.724. The first kappa shape index (κ1) is 16.6. The lowest BCUT2D eigenvalue weighted by Crippen LogP contribution is -2.42. The van der Waals surface area contributed by atoms with Gasteiger partial charge in [0, 0.05) is 19.5 Å². The Bertz CT molecular complexity index is 716. The molecule has 1 N–H and O–H groups in total. The van der Waals surface area contributed by atoms with Gasteiger partial charge in [0.15, 0.2) is 5.82 Å². The van der Waals surface area contributed by atoms with E-state index in [1.54, 1.807) is 30.1 Å². The fraction of sp³-hybridized carbons (Fsp3) is 0.438. The molecule has 1 aromatic heterocycles. The molecule has 0 saturated heterocycles. The summed E-state index contributed by atoms with van der Waals surface area (Å²) >= 11 is 0. The average molecular weight is 312 g/mol. The van der Waals surface area contributed by atoms with Gasteiger partial charge in [0.2, 0.25) is 5.91 Å². The van der Waals surface area contributed by atoms with Crippen LogP contribution in [0.4, 0.5) is 0 Å². The number of likely N-dealkylation sites (N-methyl/N-ethyl adjacent to an activating group) is 1. The predicted molar refractivity (Wildman–Crippen MR) is 84.4 cm³/mol. The molecular weight excluding hydrogens is 292 g/mol. The summed E-state index contributed by atoms with van der Waals surface area (Å²) in [5.74, 6) is 0.529. The second-order valence-electron chi connectivity index (χ2n) is 6.17. The summed E-state index contributed by atoms with van der Waals surface area (Å²) in [5, 5.41) is 22.9. The van der Waals surface area contributed by atoms with Crippen LogP contribution >= 0.6 is 0 Å². The number of aromatic nitrogens is 4. The van der Waals surface area contributed by atoms with Gasteiger partial charge in [-0.25, -0.2) is 0 Å². The number of amides is 1. The van der Waals surface area contributed by atoms with Crippen molar-refractivity contribution in [1.82, 2.24) is 25.5 Å². The summed E-state index contributed by atoms with van der Waals surface area (Å²) in [7, 11) is 1.76. The van der Waals surface area contributed by atoms with Crippen LogP contribution in [0.1, 0.15) is 43.6 Å². The van der Waals surface area contributed by atoms with Gasteiger partial charge in [0.1, 0.15) is 0 Å². The van der Waals surface area contributed by atoms with Crippen LogP contribution < -0.4 is 0 Å². The Kier molecular flexibility index (Phi) is 4.74. The molecule has 1 aromatic carbocycles. The second-order valence-corrected chi connectivity index (χ2v) is 6.17. The highest BCUT2D eigenvalue weighted by Crippen LogP contribution is 2.27. The van der Waals surface area contributed by atoms with Crippen molar-refractivity contribution in [1.29, 1.82) is 5.26 Å². The maximum Gasteiger partial charge on any atom is 0.232 e. The van der Waals surface area contributed by atoms with Crippen molar-refractivity contribution in [2.24, 2.45) is 0 Å². The van der Waals surface area contributed by atoms with Crippen molar-refractivity contribution in [2.75, 3.05) is 13.6 Å². The van der Waals surface area contributed by atoms with E-state index in [-0.39, 0.29) is 11.8 Å². The van der Waals surface area contributed by atoms with Crippen LogP contribution in [0.3, 0.4) is 0 Å². The molecule has 1 amide bonds. The SMILES string of the molecule is C[C@@H](CN(C)C(=O)C(C)(C)c1cccc(C#N)c1)c1nn[nH]n1. The number of H-pyrrole nitrogens is 1. The van der Waals surface area contributed by atoms with E-state index < -0.39 is 5.41 Å². The summed E-state index contributed by atoms with van der Waals surface area (Å²) in [6.07, 6.45) is 0. The number of tetrazole rings is 1. The summed E-state index contributed by atoms with van der Waals surface area (Å²) in [4.78, 5) is 14.5. The number of nitriles is 1. The monoisotopic (exact) mass is 312 g/mol. The molecule has 7 heteroatoms. The van der Waals surface area contributed by atoms with E-state index in [1.165, 1.54) is 0 Å². The number of hydrogen-bond donors (Lipinski definition) is 1. The summed E-state index contributed by atoms with van der Waals surface area (Å²) < 4.78 is 0. The molecule has 7 nitrogen and oxygen atoms in total. The van der Waals surface area contributed by atoms with Crippen LogP contribution in [0.15, 0.2) is 24.3 Å². The predicted octanol–water partition coefficient (Wildman–Crippen LogP) is 1.61. The largest absolute Gasteiger partial charge is 0.344 e. The van der Waals surface area contributed by atoms with Gasteiger partial charge in [0.25, 0.3) is 0 Å². The van der Waals surface area contributed by atoms with Crippen LogP contribution in [0.5, 0.6) is 0 Å². The molecule has 0 unspecified atom stereocenters. The van der Waals surface area contributed by atoms with Gasteiger partial charge in [-0.2, -0.15) is 10.5 Å². The molecule has 0 fully saturated rings. The van der Waals surface area contributed by atoms with Crippen LogP contribution in [0.25, 0.3) is 0 Å². The summed E-state index contributed by atoms with van der Waals surface area (Å²) in [6, 6.07) is 9.26. The molecule has 23 heavy (non-hydrogen) atoms. The molecule has 0 radical (unpaired) electrons. The molecule has 0 saturated carbocycles. The number of carbonyl (C=O) groups excluding carboxylic acids is 1. The molecule has 0 aliphatic rings. The second kappa shape index (κ2) is 6.57. The number of aromatic amines is 1. The molecule has 2 aromatic rings. The minimum Gasteiger partial charge on any atom is -0.344 e. The molecule has 0 bridgehead atoms. The third-order valence-corrected chi connectivity index (χ3v) is 3.94. The van der Waals surface area contributed by atoms with Crippen LogP contribution in [-0.4, -0.2) is 45.0 Å². The first-order valence-corrected chi connectivity index (χ1v) is 7.35. The van der Waals surface area contributed by atoms with E-state index in [1.807, 2.05) is 26.8 Å². The zero-order valence-corrected chi connectivity index (χ0v) is 13.7. The van der Waals surface area contributed by atoms with Gasteiger partial charge in [-0.15, -0.1) is 10.2 Å². The summed E-state index contributed by atoms with van der Waals surface area (Å²) in [5.41, 5.74) is 0.644. The molecule has 0 aliphatic carbocycles. The van der Waals surface area contributed by atoms with Crippen molar-refractivity contribution >= 4 is 5.91 Å². The van der Waals surface area contributed by atoms with E-state index in [2.05, 4.69) is 26.7 Å². The average Bonchev–Trinajstić information content (AvgIpc) is 3.08. The maximum absolute atomic E-state index is 12.8. The van der Waals surface area contributed by atoms with Crippen molar-refractivity contribution in [3.63, 3.8) is 0 Å². The highest BCUT2D eigenvalue weighted by Gasteiger charge is 2.33. The Morgan fingerprint density at radius 1 is 1.48 bits per heavy atom. The minimum absolute atomic E-state index is 0.0241. The highest BCUT2D eigenvalue weighted by atomic mass is 16.2. The van der Waals surface area contributed by atoms with Gasteiger partial charge in [0.05, 0.1) is 17.0 Å². The molecule has 0 spiro atoms. The molecule has 0 aliphatic heterocycles. The Balaban J connectivity index is 2.15. The zero-order valence-electron chi connectivity index (χ0n) is 13.7. The Morgan fingerprint density at radius 3 is 2.83 bits per heavy atom. The van der Waals surface area contributed by atoms with Crippen LogP contribution in [-0.2, 0) is 10.2 Å². The van der Waals surface area contributed by atoms with E-state index in [9.17, 15) is 4.79 Å². The number of nitrogens with zero attached hydrogens (tertiary/aromatic N) is 5. The third-order valence-electron chi connectivity index (χ3n) is 3.94. The zero-order chi connectivity index (χ0) is 17.0. The van der Waals surface area contributed by atoms with E-state index in [0.29, 0.717) is 17.9 Å². The van der Waals surface area contributed by atoms with Gasteiger partial charge >= 0.3 is 0 Å². The quantitative estimate of drug-likeness (QED) is 0.904. The van der Waals surface area contributed by atoms with Gasteiger partial charge < -0.3 is 4.90 Å². The Morgan fingerprint density at radius 2 is 2.22 bits per heavy atom. The fourth-order valence-corrected chi connectivity index (χ4v) is 2.53. The normalized spacial score (nSPS) is 12.5. The van der Waals surface area contributed by atoms with E-state index in [4.69, 9.17) is 5.26 Å². The number of nitrogens with one attached hydrogen (secondary N) is 1. The van der Waals surface area contributed by atoms with Gasteiger partial charge in [-0.1, -0.05) is 24.3 Å². The lowest BCUT2D eigenvalue weighted by Gasteiger charge is -2.31. The third kappa shape index (κ3) is 3.54. The molecule has 1 heterocycles. The number of carbonyl (C=O) groups is 1. The lowest BCUT2D eigenvalue weighted by atomic mass is 9.82. The van der Waals surface area contributed by atoms with Crippen LogP contribution in [0.2, 0.25) is 0 Å². The van der Waals surface area contributed by atoms with E-state index >= 15 is 0 Å². The number of benzene rings is 1. The van der Waals surface area contributed by atoms with Gasteiger partial charge in [-0.05, 0) is 31.5 Å². The molecular formula is C16H20N6O. The Labute approximate surface area is 135 Å². The standard InChI is InChI=1S/C16H20N6O/c1-11(14-18-20-21-19-14)10-22(4)15(23)16(2,3)13-7-5-6-12(8-13)9-17/h5-8,11H,10H2,1-4H3,(H,18,19,20,21)/t11-/m0/s1. The van der Waals surface area contributed by atoms with Crippen LogP contribution in [0, 0.1) is 11.3 Å². The van der Waals surface area contributed by atoms with Crippen molar-refractivity contribution < 1.29 is 4.79 Å². The first-order chi connectivity index (χ1) is 10.9. The smallest absolute Gasteiger partial charge is 0.232 e. The van der Waals surface area contributed by atoms with Crippen molar-refractivity contribution in [2.45, 2.75) is 32.1 Å². The molecule has 2 rings (SSSR count). The van der Waals surface area contributed by atoms with E-state index in [0.717, 1.165) is 5.56 Å². The maximum atomic E-state index is 12.8. The Hall–Kier alpha value is -2.75. The topological polar surface area (TPSA) is 98.6 Å². The highest BCUT2D eigenvalue weighted by molar-refractivity contribution is 5.87.